The van der Waals surface area contributed by atoms with Gasteiger partial charge in [-0.15, -0.1) is 0 Å². The van der Waals surface area contributed by atoms with Crippen molar-refractivity contribution in [2.24, 2.45) is 0 Å². The van der Waals surface area contributed by atoms with E-state index in [1.165, 1.54) is 12.4 Å². The van der Waals surface area contributed by atoms with Crippen molar-refractivity contribution in [3.05, 3.63) is 71.2 Å². The molecule has 3 rings (SSSR count). The van der Waals surface area contributed by atoms with E-state index in [0.29, 0.717) is 17.5 Å². The van der Waals surface area contributed by atoms with Crippen LogP contribution in [0.2, 0.25) is 0 Å². The predicted molar refractivity (Wildman–Crippen MR) is 116 cm³/mol. The van der Waals surface area contributed by atoms with E-state index in [-0.39, 0.29) is 11.6 Å². The predicted octanol–water partition coefficient (Wildman–Crippen LogP) is 5.22. The normalized spacial score (nSPS) is 10.7. The molecule has 0 bridgehead atoms. The lowest BCUT2D eigenvalue weighted by Gasteiger charge is -2.16. The Morgan fingerprint density at radius 3 is 2.52 bits per heavy atom. The number of carbonyl (C=O) groups is 1. The molecule has 0 spiro atoms. The first kappa shape index (κ1) is 20.3. The topological polar surface area (TPSA) is 76.1 Å². The summed E-state index contributed by atoms with van der Waals surface area (Å²) < 4.78 is 5.37. The van der Waals surface area contributed by atoms with Gasteiger partial charge in [-0.3, -0.25) is 4.79 Å². The van der Waals surface area contributed by atoms with Crippen molar-refractivity contribution in [2.45, 2.75) is 33.6 Å². The second kappa shape index (κ2) is 8.73. The van der Waals surface area contributed by atoms with Crippen LogP contribution in [0.5, 0.6) is 5.75 Å². The second-order valence-electron chi connectivity index (χ2n) is 7.26. The van der Waals surface area contributed by atoms with Crippen LogP contribution in [0.4, 0.5) is 17.2 Å². The third kappa shape index (κ3) is 4.71. The summed E-state index contributed by atoms with van der Waals surface area (Å²) in [4.78, 5) is 21.3. The molecule has 0 fully saturated rings. The number of para-hydroxylation sites is 1. The molecule has 1 heterocycles. The quantitative estimate of drug-likeness (QED) is 0.603. The monoisotopic (exact) mass is 390 g/mol. The van der Waals surface area contributed by atoms with Gasteiger partial charge in [-0.2, -0.15) is 0 Å². The smallest absolute Gasteiger partial charge is 0.275 e. The molecule has 2 aromatic carbocycles. The molecular formula is C23H26N4O2. The van der Waals surface area contributed by atoms with Crippen LogP contribution in [-0.2, 0) is 0 Å². The Bertz CT molecular complexity index is 1010. The zero-order valence-corrected chi connectivity index (χ0v) is 17.4. The van der Waals surface area contributed by atoms with E-state index in [1.807, 2.05) is 50.2 Å². The van der Waals surface area contributed by atoms with Crippen LogP contribution in [0.3, 0.4) is 0 Å². The number of hydrogen-bond acceptors (Lipinski definition) is 5. The number of nitrogens with one attached hydrogen (secondary N) is 2. The number of amides is 1. The number of anilines is 3. The van der Waals surface area contributed by atoms with Crippen LogP contribution < -0.4 is 15.4 Å². The number of methoxy groups -OCH3 is 1. The fourth-order valence-corrected chi connectivity index (χ4v) is 3.09. The summed E-state index contributed by atoms with van der Waals surface area (Å²) >= 11 is 0. The summed E-state index contributed by atoms with van der Waals surface area (Å²) in [6, 6.07) is 11.8. The van der Waals surface area contributed by atoms with E-state index >= 15 is 0 Å². The van der Waals surface area contributed by atoms with Gasteiger partial charge in [0.25, 0.3) is 5.91 Å². The molecule has 0 saturated heterocycles. The van der Waals surface area contributed by atoms with Gasteiger partial charge in [0.1, 0.15) is 17.3 Å². The molecule has 0 aliphatic carbocycles. The Labute approximate surface area is 171 Å². The number of aryl methyl sites for hydroxylation is 2. The van der Waals surface area contributed by atoms with Crippen molar-refractivity contribution in [1.29, 1.82) is 0 Å². The molecule has 0 radical (unpaired) electrons. The van der Waals surface area contributed by atoms with E-state index in [0.717, 1.165) is 28.1 Å². The number of carbonyl (C=O) groups excluding carboxylic acids is 1. The van der Waals surface area contributed by atoms with Crippen LogP contribution in [0, 0.1) is 13.8 Å². The molecule has 6 heteroatoms. The Hall–Kier alpha value is -3.41. The average molecular weight is 390 g/mol. The van der Waals surface area contributed by atoms with Gasteiger partial charge in [0.2, 0.25) is 0 Å². The fraction of sp³-hybridized carbons (Fsp3) is 0.261. The third-order valence-electron chi connectivity index (χ3n) is 4.67. The van der Waals surface area contributed by atoms with E-state index in [9.17, 15) is 4.79 Å². The number of hydrogen-bond donors (Lipinski definition) is 2. The summed E-state index contributed by atoms with van der Waals surface area (Å²) in [5.74, 6) is 1.25. The minimum absolute atomic E-state index is 0.254. The van der Waals surface area contributed by atoms with Crippen molar-refractivity contribution in [3.63, 3.8) is 0 Å². The van der Waals surface area contributed by atoms with Crippen LogP contribution in [0.1, 0.15) is 46.9 Å². The fourth-order valence-electron chi connectivity index (χ4n) is 3.09. The van der Waals surface area contributed by atoms with Gasteiger partial charge in [-0.25, -0.2) is 9.97 Å². The highest BCUT2D eigenvalue weighted by atomic mass is 16.5. The molecule has 29 heavy (non-hydrogen) atoms. The lowest BCUT2D eigenvalue weighted by atomic mass is 9.98. The molecule has 0 aliphatic rings. The zero-order valence-electron chi connectivity index (χ0n) is 17.4. The Balaban J connectivity index is 1.78. The summed E-state index contributed by atoms with van der Waals surface area (Å²) in [7, 11) is 1.62. The van der Waals surface area contributed by atoms with Gasteiger partial charge in [0.05, 0.1) is 25.2 Å². The molecule has 2 N–H and O–H groups in total. The van der Waals surface area contributed by atoms with E-state index < -0.39 is 0 Å². The maximum absolute atomic E-state index is 12.7. The minimum Gasteiger partial charge on any atom is -0.495 e. The lowest BCUT2D eigenvalue weighted by Crippen LogP contribution is -2.16. The van der Waals surface area contributed by atoms with Crippen molar-refractivity contribution < 1.29 is 9.53 Å². The first-order valence-corrected chi connectivity index (χ1v) is 9.53. The molecule has 3 aromatic rings. The summed E-state index contributed by atoms with van der Waals surface area (Å²) in [5.41, 5.74) is 5.08. The molecular weight excluding hydrogens is 364 g/mol. The van der Waals surface area contributed by atoms with Gasteiger partial charge in [0.15, 0.2) is 0 Å². The second-order valence-corrected chi connectivity index (χ2v) is 7.26. The number of nitrogens with zero attached hydrogens (tertiary/aromatic N) is 2. The lowest BCUT2D eigenvalue weighted by molar-refractivity contribution is 0.102. The van der Waals surface area contributed by atoms with Gasteiger partial charge >= 0.3 is 0 Å². The summed E-state index contributed by atoms with van der Waals surface area (Å²) in [6.07, 6.45) is 3.01. The van der Waals surface area contributed by atoms with Crippen LogP contribution >= 0.6 is 0 Å². The van der Waals surface area contributed by atoms with Crippen molar-refractivity contribution >= 4 is 23.1 Å². The maximum Gasteiger partial charge on any atom is 0.275 e. The molecule has 0 aliphatic heterocycles. The number of rotatable bonds is 6. The van der Waals surface area contributed by atoms with Crippen LogP contribution in [0.25, 0.3) is 0 Å². The van der Waals surface area contributed by atoms with E-state index in [2.05, 4.69) is 34.4 Å². The average Bonchev–Trinajstić information content (AvgIpc) is 2.70. The number of benzene rings is 2. The Kier molecular flexibility index (Phi) is 6.12. The van der Waals surface area contributed by atoms with E-state index in [4.69, 9.17) is 4.74 Å². The molecule has 1 aromatic heterocycles. The van der Waals surface area contributed by atoms with Gasteiger partial charge < -0.3 is 15.4 Å². The molecule has 0 unspecified atom stereocenters. The van der Waals surface area contributed by atoms with Crippen LogP contribution in [0.15, 0.2) is 48.8 Å². The van der Waals surface area contributed by atoms with Gasteiger partial charge in [-0.05, 0) is 48.6 Å². The number of ether oxygens (including phenoxy) is 1. The Morgan fingerprint density at radius 2 is 1.86 bits per heavy atom. The van der Waals surface area contributed by atoms with Gasteiger partial charge in [0, 0.05) is 5.69 Å². The third-order valence-corrected chi connectivity index (χ3v) is 4.67. The first-order chi connectivity index (χ1) is 13.9. The largest absolute Gasteiger partial charge is 0.495 e. The van der Waals surface area contributed by atoms with E-state index in [1.54, 1.807) is 7.11 Å². The highest BCUT2D eigenvalue weighted by Crippen LogP contribution is 2.29. The summed E-state index contributed by atoms with van der Waals surface area (Å²) in [6.45, 7) is 8.19. The van der Waals surface area contributed by atoms with Crippen molar-refractivity contribution in [3.8, 4) is 5.75 Å². The first-order valence-electron chi connectivity index (χ1n) is 9.53. The molecule has 6 nitrogen and oxygen atoms in total. The van der Waals surface area contributed by atoms with Crippen molar-refractivity contribution in [2.75, 3.05) is 17.7 Å². The highest BCUT2D eigenvalue weighted by Gasteiger charge is 2.15. The van der Waals surface area contributed by atoms with Crippen molar-refractivity contribution in [1.82, 2.24) is 9.97 Å². The Morgan fingerprint density at radius 1 is 1.07 bits per heavy atom. The maximum atomic E-state index is 12.7. The number of aromatic nitrogens is 2. The molecule has 0 saturated carbocycles. The minimum atomic E-state index is -0.284. The molecule has 0 atom stereocenters. The molecule has 1 amide bonds. The highest BCUT2D eigenvalue weighted by molar-refractivity contribution is 6.03. The summed E-state index contributed by atoms with van der Waals surface area (Å²) in [5, 5.41) is 6.17. The van der Waals surface area contributed by atoms with Gasteiger partial charge in [-0.1, -0.05) is 38.1 Å². The standard InChI is InChI=1S/C23H26N4O2/c1-14(2)17-8-6-7-16(4)22(17)27-23(28)19-12-25-21(13-24-19)26-18-11-15(3)9-10-20(18)29-5/h6-14H,1-5H3,(H,25,26)(H,27,28). The zero-order chi connectivity index (χ0) is 21.0. The van der Waals surface area contributed by atoms with Crippen LogP contribution in [-0.4, -0.2) is 23.0 Å². The molecule has 150 valence electrons. The SMILES string of the molecule is COc1ccc(C)cc1Nc1cnc(C(=O)Nc2c(C)cccc2C(C)C)cn1.